The van der Waals surface area contributed by atoms with E-state index in [-0.39, 0.29) is 0 Å². The summed E-state index contributed by atoms with van der Waals surface area (Å²) in [7, 11) is 0. The summed E-state index contributed by atoms with van der Waals surface area (Å²) >= 11 is 0. The number of para-hydroxylation sites is 1. The number of rotatable bonds is 4. The second-order valence-corrected chi connectivity index (χ2v) is 5.01. The Labute approximate surface area is 113 Å². The molecule has 1 aliphatic heterocycles. The summed E-state index contributed by atoms with van der Waals surface area (Å²) in [6, 6.07) is 8.28. The molecule has 1 fully saturated rings. The lowest BCUT2D eigenvalue weighted by Crippen LogP contribution is -2.20. The van der Waals surface area contributed by atoms with Crippen LogP contribution in [0.15, 0.2) is 24.3 Å². The zero-order valence-electron chi connectivity index (χ0n) is 11.4. The summed E-state index contributed by atoms with van der Waals surface area (Å²) in [5.74, 6) is 1.84. The molecule has 19 heavy (non-hydrogen) atoms. The van der Waals surface area contributed by atoms with Gasteiger partial charge in [0.15, 0.2) is 0 Å². The molecule has 0 radical (unpaired) electrons. The smallest absolute Gasteiger partial charge is 0.225 e. The Hall–Kier alpha value is -1.84. The molecule has 0 atom stereocenters. The minimum atomic E-state index is 0.752. The molecule has 2 aromatic rings. The molecule has 0 spiro atoms. The van der Waals surface area contributed by atoms with Gasteiger partial charge in [-0.2, -0.15) is 4.98 Å². The van der Waals surface area contributed by atoms with E-state index >= 15 is 0 Å². The van der Waals surface area contributed by atoms with Gasteiger partial charge in [0.25, 0.3) is 0 Å². The highest BCUT2D eigenvalue weighted by atomic mass is 15.2. The highest BCUT2D eigenvalue weighted by molar-refractivity contribution is 5.90. The molecule has 0 aliphatic carbocycles. The number of aromatic nitrogens is 2. The first-order valence-electron chi connectivity index (χ1n) is 7.14. The maximum Gasteiger partial charge on any atom is 0.225 e. The molecule has 0 bridgehead atoms. The zero-order chi connectivity index (χ0) is 13.1. The van der Waals surface area contributed by atoms with Gasteiger partial charge in [-0.25, -0.2) is 4.98 Å². The number of benzene rings is 1. The molecule has 4 nitrogen and oxygen atoms in total. The second-order valence-electron chi connectivity index (χ2n) is 5.01. The monoisotopic (exact) mass is 256 g/mol. The molecule has 0 unspecified atom stereocenters. The Morgan fingerprint density at radius 2 is 1.95 bits per heavy atom. The summed E-state index contributed by atoms with van der Waals surface area (Å²) in [5.41, 5.74) is 1.03. The molecular formula is C15H20N4. The zero-order valence-corrected chi connectivity index (χ0v) is 11.4. The summed E-state index contributed by atoms with van der Waals surface area (Å²) in [5, 5.41) is 4.46. The van der Waals surface area contributed by atoms with Gasteiger partial charge in [0.2, 0.25) is 5.95 Å². The molecule has 3 rings (SSSR count). The van der Waals surface area contributed by atoms with Gasteiger partial charge in [0.05, 0.1) is 5.52 Å². The van der Waals surface area contributed by atoms with Crippen LogP contribution < -0.4 is 10.2 Å². The number of anilines is 2. The van der Waals surface area contributed by atoms with Crippen molar-refractivity contribution in [1.29, 1.82) is 0 Å². The lowest BCUT2D eigenvalue weighted by Gasteiger charge is -2.19. The van der Waals surface area contributed by atoms with Gasteiger partial charge >= 0.3 is 0 Å². The Bertz CT molecular complexity index is 561. The van der Waals surface area contributed by atoms with Crippen molar-refractivity contribution >= 4 is 22.7 Å². The number of nitrogens with zero attached hydrogens (tertiary/aromatic N) is 3. The molecule has 0 amide bonds. The standard InChI is InChI=1S/C15H20N4/c1-2-9-16-15-17-13-8-4-3-7-12(13)14(18-15)19-10-5-6-11-19/h3-4,7-8H,2,5-6,9-11H2,1H3,(H,16,17,18). The number of fused-ring (bicyclic) bond motifs is 1. The SMILES string of the molecule is CCCNc1nc(N2CCCC2)c2ccccc2n1. The third kappa shape index (κ3) is 2.48. The van der Waals surface area contributed by atoms with Crippen LogP contribution in [0.2, 0.25) is 0 Å². The van der Waals surface area contributed by atoms with Gasteiger partial charge in [-0.3, -0.25) is 0 Å². The van der Waals surface area contributed by atoms with E-state index < -0.39 is 0 Å². The third-order valence-electron chi connectivity index (χ3n) is 3.52. The molecule has 2 heterocycles. The van der Waals surface area contributed by atoms with Crippen LogP contribution in [0.3, 0.4) is 0 Å². The lowest BCUT2D eigenvalue weighted by atomic mass is 10.2. The Kier molecular flexibility index (Phi) is 3.49. The summed E-state index contributed by atoms with van der Waals surface area (Å²) in [6.07, 6.45) is 3.60. The maximum atomic E-state index is 4.72. The van der Waals surface area contributed by atoms with E-state index in [0.29, 0.717) is 0 Å². The first kappa shape index (κ1) is 12.2. The van der Waals surface area contributed by atoms with Crippen LogP contribution in [0, 0.1) is 0 Å². The van der Waals surface area contributed by atoms with Crippen molar-refractivity contribution in [3.05, 3.63) is 24.3 Å². The van der Waals surface area contributed by atoms with Crippen LogP contribution in [0.5, 0.6) is 0 Å². The lowest BCUT2D eigenvalue weighted by molar-refractivity contribution is 0.922. The Balaban J connectivity index is 2.05. The first-order chi connectivity index (χ1) is 9.38. The minimum absolute atomic E-state index is 0.752. The molecular weight excluding hydrogens is 236 g/mol. The molecule has 1 N–H and O–H groups in total. The predicted molar refractivity (Wildman–Crippen MR) is 79.8 cm³/mol. The largest absolute Gasteiger partial charge is 0.356 e. The number of hydrogen-bond acceptors (Lipinski definition) is 4. The van der Waals surface area contributed by atoms with Gasteiger partial charge in [0, 0.05) is 25.0 Å². The Morgan fingerprint density at radius 3 is 2.74 bits per heavy atom. The Morgan fingerprint density at radius 1 is 1.16 bits per heavy atom. The molecule has 0 saturated carbocycles. The molecule has 4 heteroatoms. The first-order valence-corrected chi connectivity index (χ1v) is 7.14. The fourth-order valence-corrected chi connectivity index (χ4v) is 2.55. The van der Waals surface area contributed by atoms with Gasteiger partial charge in [0.1, 0.15) is 5.82 Å². The molecule has 100 valence electrons. The van der Waals surface area contributed by atoms with E-state index in [1.54, 1.807) is 0 Å². The minimum Gasteiger partial charge on any atom is -0.356 e. The van der Waals surface area contributed by atoms with Crippen molar-refractivity contribution in [2.24, 2.45) is 0 Å². The van der Waals surface area contributed by atoms with Crippen molar-refractivity contribution in [1.82, 2.24) is 9.97 Å². The molecule has 1 aliphatic rings. The normalized spacial score (nSPS) is 15.1. The van der Waals surface area contributed by atoms with Crippen molar-refractivity contribution in [2.75, 3.05) is 29.9 Å². The maximum absolute atomic E-state index is 4.72. The van der Waals surface area contributed by atoms with Gasteiger partial charge in [-0.05, 0) is 31.4 Å². The van der Waals surface area contributed by atoms with Crippen molar-refractivity contribution < 1.29 is 0 Å². The predicted octanol–water partition coefficient (Wildman–Crippen LogP) is 3.05. The van der Waals surface area contributed by atoms with Crippen molar-refractivity contribution in [2.45, 2.75) is 26.2 Å². The van der Waals surface area contributed by atoms with Gasteiger partial charge in [-0.15, -0.1) is 0 Å². The summed E-state index contributed by atoms with van der Waals surface area (Å²) in [4.78, 5) is 11.7. The highest BCUT2D eigenvalue weighted by Gasteiger charge is 2.17. The quantitative estimate of drug-likeness (QED) is 0.913. The number of hydrogen-bond donors (Lipinski definition) is 1. The van der Waals surface area contributed by atoms with Crippen LogP contribution in [0.1, 0.15) is 26.2 Å². The van der Waals surface area contributed by atoms with Crippen molar-refractivity contribution in [3.8, 4) is 0 Å². The second kappa shape index (κ2) is 5.43. The summed E-state index contributed by atoms with van der Waals surface area (Å²) < 4.78 is 0. The van der Waals surface area contributed by atoms with Crippen molar-refractivity contribution in [3.63, 3.8) is 0 Å². The van der Waals surface area contributed by atoms with E-state index in [4.69, 9.17) is 4.98 Å². The molecule has 1 aromatic carbocycles. The topological polar surface area (TPSA) is 41.1 Å². The average Bonchev–Trinajstić information content (AvgIpc) is 2.98. The summed E-state index contributed by atoms with van der Waals surface area (Å²) in [6.45, 7) is 5.27. The third-order valence-corrected chi connectivity index (χ3v) is 3.52. The van der Waals surface area contributed by atoms with Gasteiger partial charge < -0.3 is 10.2 Å². The fourth-order valence-electron chi connectivity index (χ4n) is 2.55. The molecule has 1 saturated heterocycles. The van der Waals surface area contributed by atoms with Crippen LogP contribution in [0.4, 0.5) is 11.8 Å². The van der Waals surface area contributed by atoms with Crippen LogP contribution in [0.25, 0.3) is 10.9 Å². The highest BCUT2D eigenvalue weighted by Crippen LogP contribution is 2.27. The van der Waals surface area contributed by atoms with E-state index in [2.05, 4.69) is 40.3 Å². The average molecular weight is 256 g/mol. The fraction of sp³-hybridized carbons (Fsp3) is 0.467. The van der Waals surface area contributed by atoms with Crippen LogP contribution in [-0.2, 0) is 0 Å². The van der Waals surface area contributed by atoms with E-state index in [1.807, 2.05) is 6.07 Å². The van der Waals surface area contributed by atoms with E-state index in [0.717, 1.165) is 48.7 Å². The van der Waals surface area contributed by atoms with Crippen LogP contribution >= 0.6 is 0 Å². The molecule has 1 aromatic heterocycles. The van der Waals surface area contributed by atoms with E-state index in [1.165, 1.54) is 12.8 Å². The number of nitrogens with one attached hydrogen (secondary N) is 1. The van der Waals surface area contributed by atoms with Crippen LogP contribution in [-0.4, -0.2) is 29.6 Å². The van der Waals surface area contributed by atoms with Gasteiger partial charge in [-0.1, -0.05) is 19.1 Å². The van der Waals surface area contributed by atoms with E-state index in [9.17, 15) is 0 Å².